The van der Waals surface area contributed by atoms with Crippen LogP contribution in [0.25, 0.3) is 0 Å². The third-order valence-electron chi connectivity index (χ3n) is 3.18. The third kappa shape index (κ3) is 2.66. The minimum atomic E-state index is 0.393. The van der Waals surface area contributed by atoms with Gasteiger partial charge in [-0.3, -0.25) is 4.84 Å². The average molecular weight is 184 g/mol. The van der Waals surface area contributed by atoms with E-state index in [1.54, 1.807) is 0 Å². The molecule has 0 aromatic heterocycles. The first-order valence-electron chi connectivity index (χ1n) is 5.51. The highest BCUT2D eigenvalue weighted by molar-refractivity contribution is 4.80. The summed E-state index contributed by atoms with van der Waals surface area (Å²) in [5.41, 5.74) is 8.99. The van der Waals surface area contributed by atoms with Gasteiger partial charge in [0.1, 0.15) is 0 Å². The Bertz CT molecular complexity index is 157. The lowest BCUT2D eigenvalue weighted by Gasteiger charge is -2.16. The Balaban J connectivity index is 1.62. The normalized spacial score (nSPS) is 35.8. The van der Waals surface area contributed by atoms with E-state index in [2.05, 4.69) is 5.48 Å². The molecule has 3 nitrogen and oxygen atoms in total. The van der Waals surface area contributed by atoms with Crippen molar-refractivity contribution in [2.45, 2.75) is 63.1 Å². The van der Waals surface area contributed by atoms with Gasteiger partial charge in [0.2, 0.25) is 0 Å². The molecule has 2 rings (SSSR count). The Morgan fingerprint density at radius 2 is 1.85 bits per heavy atom. The van der Waals surface area contributed by atoms with Gasteiger partial charge in [0.15, 0.2) is 0 Å². The molecule has 0 bridgehead atoms. The zero-order chi connectivity index (χ0) is 9.10. The van der Waals surface area contributed by atoms with Crippen LogP contribution in [-0.2, 0) is 4.84 Å². The lowest BCUT2D eigenvalue weighted by molar-refractivity contribution is -0.0390. The second kappa shape index (κ2) is 4.40. The molecule has 0 saturated heterocycles. The molecule has 76 valence electrons. The number of nitrogens with two attached hydrogens (primary N) is 1. The van der Waals surface area contributed by atoms with E-state index in [0.717, 1.165) is 12.8 Å². The smallest absolute Gasteiger partial charge is 0.0790 e. The van der Waals surface area contributed by atoms with Crippen LogP contribution in [0.5, 0.6) is 0 Å². The van der Waals surface area contributed by atoms with Crippen LogP contribution < -0.4 is 11.2 Å². The van der Waals surface area contributed by atoms with Crippen LogP contribution in [0.15, 0.2) is 0 Å². The number of hydroxylamine groups is 1. The van der Waals surface area contributed by atoms with Gasteiger partial charge in [0.05, 0.1) is 6.10 Å². The lowest BCUT2D eigenvalue weighted by Crippen LogP contribution is -2.31. The maximum absolute atomic E-state index is 5.81. The number of hydrogen-bond acceptors (Lipinski definition) is 3. The van der Waals surface area contributed by atoms with E-state index in [4.69, 9.17) is 10.6 Å². The highest BCUT2D eigenvalue weighted by atomic mass is 16.7. The summed E-state index contributed by atoms with van der Waals surface area (Å²) in [7, 11) is 0. The summed E-state index contributed by atoms with van der Waals surface area (Å²) < 4.78 is 0. The van der Waals surface area contributed by atoms with Crippen molar-refractivity contribution in [1.82, 2.24) is 5.48 Å². The Morgan fingerprint density at radius 1 is 1.08 bits per heavy atom. The molecule has 0 spiro atoms. The molecule has 0 heterocycles. The van der Waals surface area contributed by atoms with Crippen molar-refractivity contribution < 1.29 is 4.84 Å². The van der Waals surface area contributed by atoms with Crippen molar-refractivity contribution in [2.24, 2.45) is 5.73 Å². The topological polar surface area (TPSA) is 47.3 Å². The monoisotopic (exact) mass is 184 g/mol. The molecular formula is C10H20N2O. The van der Waals surface area contributed by atoms with E-state index in [0.29, 0.717) is 18.2 Å². The summed E-state index contributed by atoms with van der Waals surface area (Å²) in [4.78, 5) is 5.63. The standard InChI is InChI=1S/C10H20N2O/c11-8-5-6-9(7-8)12-13-10-3-1-2-4-10/h8-10,12H,1-7,11H2. The first kappa shape index (κ1) is 9.44. The fraction of sp³-hybridized carbons (Fsp3) is 1.00. The van der Waals surface area contributed by atoms with E-state index in [1.807, 2.05) is 0 Å². The highest BCUT2D eigenvalue weighted by Crippen LogP contribution is 2.22. The van der Waals surface area contributed by atoms with Crippen LogP contribution in [0.1, 0.15) is 44.9 Å². The molecule has 3 heteroatoms. The van der Waals surface area contributed by atoms with Crippen molar-refractivity contribution in [1.29, 1.82) is 0 Å². The first-order valence-corrected chi connectivity index (χ1v) is 5.51. The zero-order valence-corrected chi connectivity index (χ0v) is 8.17. The quantitative estimate of drug-likeness (QED) is 0.650. The Labute approximate surface area is 80.0 Å². The fourth-order valence-corrected chi connectivity index (χ4v) is 2.32. The molecule has 2 aliphatic rings. The van der Waals surface area contributed by atoms with Crippen molar-refractivity contribution in [2.75, 3.05) is 0 Å². The Kier molecular flexibility index (Phi) is 3.19. The van der Waals surface area contributed by atoms with E-state index in [9.17, 15) is 0 Å². The molecule has 2 saturated carbocycles. The van der Waals surface area contributed by atoms with E-state index in [-0.39, 0.29) is 0 Å². The Hall–Kier alpha value is -0.120. The summed E-state index contributed by atoms with van der Waals surface area (Å²) in [6.07, 6.45) is 8.98. The van der Waals surface area contributed by atoms with Crippen LogP contribution in [0.4, 0.5) is 0 Å². The largest absolute Gasteiger partial charge is 0.328 e. The number of nitrogens with one attached hydrogen (secondary N) is 1. The zero-order valence-electron chi connectivity index (χ0n) is 8.17. The molecule has 0 aromatic carbocycles. The summed E-state index contributed by atoms with van der Waals surface area (Å²) in [6.45, 7) is 0. The van der Waals surface area contributed by atoms with E-state index < -0.39 is 0 Å². The van der Waals surface area contributed by atoms with Crippen molar-refractivity contribution >= 4 is 0 Å². The molecule has 13 heavy (non-hydrogen) atoms. The van der Waals surface area contributed by atoms with Crippen LogP contribution >= 0.6 is 0 Å². The van der Waals surface area contributed by atoms with Gasteiger partial charge in [-0.1, -0.05) is 12.8 Å². The van der Waals surface area contributed by atoms with E-state index >= 15 is 0 Å². The predicted molar refractivity (Wildman–Crippen MR) is 52.1 cm³/mol. The number of rotatable bonds is 3. The van der Waals surface area contributed by atoms with Crippen molar-refractivity contribution in [3.8, 4) is 0 Å². The molecule has 0 radical (unpaired) electrons. The van der Waals surface area contributed by atoms with Crippen molar-refractivity contribution in [3.63, 3.8) is 0 Å². The molecular weight excluding hydrogens is 164 g/mol. The summed E-state index contributed by atoms with van der Waals surface area (Å²) in [6, 6.07) is 0.903. The van der Waals surface area contributed by atoms with Crippen LogP contribution in [0.3, 0.4) is 0 Å². The third-order valence-corrected chi connectivity index (χ3v) is 3.18. The van der Waals surface area contributed by atoms with Gasteiger partial charge < -0.3 is 5.73 Å². The maximum Gasteiger partial charge on any atom is 0.0790 e. The fourth-order valence-electron chi connectivity index (χ4n) is 2.32. The van der Waals surface area contributed by atoms with Gasteiger partial charge in [-0.25, -0.2) is 0 Å². The maximum atomic E-state index is 5.81. The molecule has 2 aliphatic carbocycles. The molecule has 2 fully saturated rings. The molecule has 2 unspecified atom stereocenters. The number of hydrogen-bond donors (Lipinski definition) is 2. The molecule has 0 amide bonds. The molecule has 3 N–H and O–H groups in total. The van der Waals surface area contributed by atoms with Gasteiger partial charge in [-0.2, -0.15) is 5.48 Å². The van der Waals surface area contributed by atoms with Crippen LogP contribution in [-0.4, -0.2) is 18.2 Å². The van der Waals surface area contributed by atoms with Crippen LogP contribution in [0.2, 0.25) is 0 Å². The van der Waals surface area contributed by atoms with Gasteiger partial charge >= 0.3 is 0 Å². The molecule has 0 aliphatic heterocycles. The minimum absolute atomic E-state index is 0.393. The summed E-state index contributed by atoms with van der Waals surface area (Å²) >= 11 is 0. The lowest BCUT2D eigenvalue weighted by atomic mass is 10.2. The second-order valence-corrected chi connectivity index (χ2v) is 4.41. The average Bonchev–Trinajstić information content (AvgIpc) is 2.71. The Morgan fingerprint density at radius 3 is 2.46 bits per heavy atom. The molecule has 2 atom stereocenters. The predicted octanol–water partition coefficient (Wildman–Crippen LogP) is 1.33. The second-order valence-electron chi connectivity index (χ2n) is 4.41. The van der Waals surface area contributed by atoms with Crippen molar-refractivity contribution in [3.05, 3.63) is 0 Å². The first-order chi connectivity index (χ1) is 6.34. The van der Waals surface area contributed by atoms with Gasteiger partial charge in [-0.15, -0.1) is 0 Å². The van der Waals surface area contributed by atoms with Gasteiger partial charge in [-0.05, 0) is 32.1 Å². The van der Waals surface area contributed by atoms with E-state index in [1.165, 1.54) is 32.1 Å². The van der Waals surface area contributed by atoms with Crippen LogP contribution in [0, 0.1) is 0 Å². The van der Waals surface area contributed by atoms with Gasteiger partial charge in [0, 0.05) is 12.1 Å². The minimum Gasteiger partial charge on any atom is -0.328 e. The SMILES string of the molecule is NC1CCC(NOC2CCCC2)C1. The van der Waals surface area contributed by atoms with Gasteiger partial charge in [0.25, 0.3) is 0 Å². The molecule has 0 aromatic rings. The summed E-state index contributed by atoms with van der Waals surface area (Å²) in [5.74, 6) is 0. The highest BCUT2D eigenvalue weighted by Gasteiger charge is 2.23. The summed E-state index contributed by atoms with van der Waals surface area (Å²) in [5, 5.41) is 0.